The first kappa shape index (κ1) is 23.2. The monoisotopic (exact) mass is 304 g/mol. The molecule has 0 saturated carbocycles. The van der Waals surface area contributed by atoms with Crippen LogP contribution in [0.4, 0.5) is 0 Å². The molecule has 21 heavy (non-hydrogen) atoms. The van der Waals surface area contributed by atoms with Gasteiger partial charge in [-0.25, -0.2) is 0 Å². The second-order valence-electron chi connectivity index (χ2n) is 5.38. The van der Waals surface area contributed by atoms with Gasteiger partial charge < -0.3 is 14.2 Å². The van der Waals surface area contributed by atoms with Gasteiger partial charge in [-0.2, -0.15) is 0 Å². The molecule has 0 amide bonds. The Morgan fingerprint density at radius 2 is 1.10 bits per heavy atom. The summed E-state index contributed by atoms with van der Waals surface area (Å²) >= 11 is 0. The van der Waals surface area contributed by atoms with Crippen molar-refractivity contribution in [3.63, 3.8) is 0 Å². The summed E-state index contributed by atoms with van der Waals surface area (Å²) in [4.78, 5) is 0. The van der Waals surface area contributed by atoms with Crippen molar-refractivity contribution < 1.29 is 14.2 Å². The summed E-state index contributed by atoms with van der Waals surface area (Å²) in [5.74, 6) is 0. The van der Waals surface area contributed by atoms with Crippen molar-refractivity contribution in [3.05, 3.63) is 0 Å². The molecule has 3 nitrogen and oxygen atoms in total. The molecule has 0 aromatic carbocycles. The molecule has 0 aliphatic carbocycles. The van der Waals surface area contributed by atoms with Crippen LogP contribution in [0.3, 0.4) is 0 Å². The van der Waals surface area contributed by atoms with Crippen LogP contribution in [0, 0.1) is 5.41 Å². The Hall–Kier alpha value is -0.120. The fourth-order valence-corrected chi connectivity index (χ4v) is 2.10. The third kappa shape index (κ3) is 12.1. The van der Waals surface area contributed by atoms with Gasteiger partial charge in [0.1, 0.15) is 0 Å². The molecule has 130 valence electrons. The number of hydrogen-bond acceptors (Lipinski definition) is 3. The summed E-state index contributed by atoms with van der Waals surface area (Å²) in [6.07, 6.45) is 5.04. The zero-order valence-corrected chi connectivity index (χ0v) is 15.7. The lowest BCUT2D eigenvalue weighted by Gasteiger charge is -2.30. The Morgan fingerprint density at radius 1 is 0.667 bits per heavy atom. The fourth-order valence-electron chi connectivity index (χ4n) is 2.10. The van der Waals surface area contributed by atoms with Crippen molar-refractivity contribution in [2.75, 3.05) is 33.0 Å². The Kier molecular flexibility index (Phi) is 17.9. The Labute approximate surface area is 133 Å². The maximum atomic E-state index is 5.50. The minimum Gasteiger partial charge on any atom is -0.381 e. The highest BCUT2D eigenvalue weighted by Crippen LogP contribution is 2.27. The summed E-state index contributed by atoms with van der Waals surface area (Å²) in [6, 6.07) is 0. The van der Waals surface area contributed by atoms with E-state index in [1.54, 1.807) is 0 Å². The highest BCUT2D eigenvalue weighted by molar-refractivity contribution is 4.75. The highest BCUT2D eigenvalue weighted by atomic mass is 16.5. The maximum absolute atomic E-state index is 5.50. The van der Waals surface area contributed by atoms with E-state index < -0.39 is 0 Å². The molecule has 0 heterocycles. The van der Waals surface area contributed by atoms with E-state index in [9.17, 15) is 0 Å². The van der Waals surface area contributed by atoms with Crippen LogP contribution in [-0.2, 0) is 14.2 Å². The summed E-state index contributed by atoms with van der Waals surface area (Å²) < 4.78 is 16.3. The Balaban J connectivity index is 0. The van der Waals surface area contributed by atoms with Gasteiger partial charge in [-0.15, -0.1) is 0 Å². The van der Waals surface area contributed by atoms with Crippen LogP contribution >= 0.6 is 0 Å². The predicted octanol–water partition coefficient (Wildman–Crippen LogP) is 5.08. The van der Waals surface area contributed by atoms with Gasteiger partial charge in [0.15, 0.2) is 0 Å². The van der Waals surface area contributed by atoms with Gasteiger partial charge in [0.05, 0.1) is 19.3 Å². The van der Waals surface area contributed by atoms with Crippen molar-refractivity contribution >= 4 is 0 Å². The minimum absolute atomic E-state index is 0.242. The van der Waals surface area contributed by atoms with E-state index in [0.717, 1.165) is 58.7 Å². The highest BCUT2D eigenvalue weighted by Gasteiger charge is 2.26. The first-order chi connectivity index (χ1) is 10.1. The fraction of sp³-hybridized carbons (Fsp3) is 1.00. The van der Waals surface area contributed by atoms with E-state index in [-0.39, 0.29) is 5.41 Å². The van der Waals surface area contributed by atoms with Gasteiger partial charge in [-0.1, -0.05) is 27.7 Å². The molecule has 0 aliphatic rings. The van der Waals surface area contributed by atoms with E-state index >= 15 is 0 Å². The van der Waals surface area contributed by atoms with E-state index in [2.05, 4.69) is 27.7 Å². The van der Waals surface area contributed by atoms with Gasteiger partial charge in [-0.3, -0.25) is 0 Å². The Morgan fingerprint density at radius 3 is 1.29 bits per heavy atom. The smallest absolute Gasteiger partial charge is 0.0569 e. The zero-order valence-electron chi connectivity index (χ0n) is 15.7. The van der Waals surface area contributed by atoms with E-state index in [4.69, 9.17) is 14.2 Å². The topological polar surface area (TPSA) is 27.7 Å². The minimum atomic E-state index is 0.242. The zero-order chi connectivity index (χ0) is 16.6. The maximum Gasteiger partial charge on any atom is 0.0569 e. The van der Waals surface area contributed by atoms with Crippen LogP contribution in [0.5, 0.6) is 0 Å². The van der Waals surface area contributed by atoms with E-state index in [0.29, 0.717) is 6.10 Å². The van der Waals surface area contributed by atoms with Crippen LogP contribution < -0.4 is 0 Å². The molecule has 0 spiro atoms. The van der Waals surface area contributed by atoms with Crippen molar-refractivity contribution in [1.82, 2.24) is 0 Å². The molecular weight excluding hydrogens is 264 g/mol. The standard InChI is InChI=1S/C11H24O2.C7H16O/c1-5-11(6-2,9-12-7-3)10-13-8-4;1-4-7(5-2)8-6-3/h5-10H2,1-4H3;7H,4-6H2,1-3H3. The molecule has 0 aliphatic heterocycles. The third-order valence-corrected chi connectivity index (χ3v) is 4.04. The Bertz CT molecular complexity index is 177. The van der Waals surface area contributed by atoms with Gasteiger partial charge >= 0.3 is 0 Å². The van der Waals surface area contributed by atoms with Gasteiger partial charge in [-0.05, 0) is 46.5 Å². The van der Waals surface area contributed by atoms with Crippen LogP contribution in [-0.4, -0.2) is 39.1 Å². The van der Waals surface area contributed by atoms with Crippen molar-refractivity contribution in [2.45, 2.75) is 80.3 Å². The lowest BCUT2D eigenvalue weighted by atomic mass is 9.84. The van der Waals surface area contributed by atoms with Crippen molar-refractivity contribution in [2.24, 2.45) is 5.41 Å². The van der Waals surface area contributed by atoms with Crippen LogP contribution in [0.15, 0.2) is 0 Å². The molecular formula is C18H40O3. The normalized spacial score (nSPS) is 11.4. The summed E-state index contributed by atoms with van der Waals surface area (Å²) in [6.45, 7) is 19.0. The lowest BCUT2D eigenvalue weighted by Crippen LogP contribution is -2.31. The molecule has 0 fully saturated rings. The van der Waals surface area contributed by atoms with Gasteiger partial charge in [0.25, 0.3) is 0 Å². The molecule has 3 heteroatoms. The SMILES string of the molecule is CCOC(CC)CC.CCOCC(CC)(CC)COCC. The number of rotatable bonds is 12. The van der Waals surface area contributed by atoms with Gasteiger partial charge in [0, 0.05) is 25.2 Å². The first-order valence-corrected chi connectivity index (χ1v) is 8.86. The summed E-state index contributed by atoms with van der Waals surface area (Å²) in [5.41, 5.74) is 0.242. The summed E-state index contributed by atoms with van der Waals surface area (Å²) in [7, 11) is 0. The predicted molar refractivity (Wildman–Crippen MR) is 92.0 cm³/mol. The molecule has 0 aromatic heterocycles. The molecule has 0 N–H and O–H groups in total. The molecule has 0 rings (SSSR count). The third-order valence-electron chi connectivity index (χ3n) is 4.04. The van der Waals surface area contributed by atoms with Crippen LogP contribution in [0.2, 0.25) is 0 Å². The van der Waals surface area contributed by atoms with Crippen molar-refractivity contribution in [1.29, 1.82) is 0 Å². The van der Waals surface area contributed by atoms with Gasteiger partial charge in [0.2, 0.25) is 0 Å². The number of ether oxygens (including phenoxy) is 3. The van der Waals surface area contributed by atoms with Crippen LogP contribution in [0.1, 0.15) is 74.1 Å². The lowest BCUT2D eigenvalue weighted by molar-refractivity contribution is -0.0212. The second-order valence-corrected chi connectivity index (χ2v) is 5.38. The molecule has 0 saturated heterocycles. The molecule has 0 bridgehead atoms. The molecule has 0 atom stereocenters. The van der Waals surface area contributed by atoms with E-state index in [1.807, 2.05) is 20.8 Å². The van der Waals surface area contributed by atoms with Crippen molar-refractivity contribution in [3.8, 4) is 0 Å². The largest absolute Gasteiger partial charge is 0.381 e. The van der Waals surface area contributed by atoms with E-state index in [1.165, 1.54) is 0 Å². The van der Waals surface area contributed by atoms with Crippen LogP contribution in [0.25, 0.3) is 0 Å². The molecule has 0 aromatic rings. The number of hydrogen-bond donors (Lipinski definition) is 0. The second kappa shape index (κ2) is 16.3. The first-order valence-electron chi connectivity index (χ1n) is 8.86. The average Bonchev–Trinajstić information content (AvgIpc) is 2.54. The molecule has 0 unspecified atom stereocenters. The summed E-state index contributed by atoms with van der Waals surface area (Å²) in [5, 5.41) is 0. The molecule has 0 radical (unpaired) electrons. The quantitative estimate of drug-likeness (QED) is 0.503. The average molecular weight is 305 g/mol.